The van der Waals surface area contributed by atoms with Gasteiger partial charge in [-0.3, -0.25) is 9.59 Å². The molecule has 4 unspecified atom stereocenters. The van der Waals surface area contributed by atoms with Crippen molar-refractivity contribution < 1.29 is 29.0 Å². The summed E-state index contributed by atoms with van der Waals surface area (Å²) in [5.41, 5.74) is 0. The lowest BCUT2D eigenvalue weighted by Crippen LogP contribution is -2.55. The summed E-state index contributed by atoms with van der Waals surface area (Å²) < 4.78 is 9.82. The predicted octanol–water partition coefficient (Wildman–Crippen LogP) is 3.72. The highest BCUT2D eigenvalue weighted by Gasteiger charge is 2.42. The summed E-state index contributed by atoms with van der Waals surface area (Å²) in [4.78, 5) is 35.8. The number of esters is 1. The molecule has 0 aromatic rings. The second kappa shape index (κ2) is 11.9. The van der Waals surface area contributed by atoms with Gasteiger partial charge in [-0.05, 0) is 76.5 Å². The molecule has 4 bridgehead atoms. The summed E-state index contributed by atoms with van der Waals surface area (Å²) in [7, 11) is 1.48. The average molecular weight is 453 g/mol. The Morgan fingerprint density at radius 3 is 2.00 bits per heavy atom. The zero-order valence-electron chi connectivity index (χ0n) is 19.6. The van der Waals surface area contributed by atoms with Gasteiger partial charge in [-0.15, -0.1) is 0 Å². The van der Waals surface area contributed by atoms with E-state index in [-0.39, 0.29) is 36.5 Å². The van der Waals surface area contributed by atoms with Crippen LogP contribution in [0.15, 0.2) is 0 Å². The second-order valence-electron chi connectivity index (χ2n) is 9.89. The third-order valence-electron chi connectivity index (χ3n) is 7.51. The van der Waals surface area contributed by atoms with Crippen molar-refractivity contribution in [3.8, 4) is 0 Å². The van der Waals surface area contributed by atoms with Crippen LogP contribution in [0.3, 0.4) is 0 Å². The molecule has 0 aromatic heterocycles. The number of methoxy groups -OCH3 is 1. The smallest absolute Gasteiger partial charge is 0.410 e. The number of fused-ring (bicyclic) bond motifs is 4. The van der Waals surface area contributed by atoms with E-state index in [1.165, 1.54) is 26.4 Å². The number of aliphatic carboxylic acids is 1. The van der Waals surface area contributed by atoms with Crippen molar-refractivity contribution in [3.63, 3.8) is 0 Å². The Hall–Kier alpha value is -1.83. The number of nitrogens with zero attached hydrogens (tertiary/aromatic N) is 1. The van der Waals surface area contributed by atoms with Gasteiger partial charge in [0.2, 0.25) is 0 Å². The fourth-order valence-corrected chi connectivity index (χ4v) is 6.27. The molecule has 2 N–H and O–H groups in total. The van der Waals surface area contributed by atoms with Crippen molar-refractivity contribution in [2.45, 2.75) is 108 Å². The number of carbonyl (C=O) groups excluding carboxylic acids is 2. The lowest BCUT2D eigenvalue weighted by Gasteiger charge is -2.47. The highest BCUT2D eigenvalue weighted by Crippen LogP contribution is 2.38. The highest BCUT2D eigenvalue weighted by atomic mass is 16.6. The van der Waals surface area contributed by atoms with E-state index >= 15 is 0 Å². The van der Waals surface area contributed by atoms with Crippen molar-refractivity contribution in [1.29, 1.82) is 0 Å². The van der Waals surface area contributed by atoms with Gasteiger partial charge in [0.15, 0.2) is 0 Å². The Morgan fingerprint density at radius 2 is 1.47 bits per heavy atom. The number of hydrogen-bond donors (Lipinski definition) is 2. The first-order valence-electron chi connectivity index (χ1n) is 12.4. The van der Waals surface area contributed by atoms with Gasteiger partial charge in [0.05, 0.1) is 13.7 Å². The fraction of sp³-hybridized carbons (Fsp3) is 0.875. The van der Waals surface area contributed by atoms with Gasteiger partial charge in [-0.25, -0.2) is 4.79 Å². The second-order valence-corrected chi connectivity index (χ2v) is 9.89. The summed E-state index contributed by atoms with van der Waals surface area (Å²) in [6.45, 7) is 2.21. The molecule has 4 aliphatic heterocycles. The Morgan fingerprint density at radius 1 is 0.906 bits per heavy atom. The maximum Gasteiger partial charge on any atom is 0.410 e. The van der Waals surface area contributed by atoms with Crippen molar-refractivity contribution in [1.82, 2.24) is 10.2 Å². The number of carboxylic acid groups (broad SMARTS) is 1. The topological polar surface area (TPSA) is 105 Å². The van der Waals surface area contributed by atoms with Crippen LogP contribution in [-0.2, 0) is 19.1 Å². The molecule has 8 heteroatoms. The first-order chi connectivity index (χ1) is 15.4. The normalized spacial score (nSPS) is 33.4. The molecule has 0 saturated carbocycles. The van der Waals surface area contributed by atoms with E-state index in [0.717, 1.165) is 44.9 Å². The minimum Gasteiger partial charge on any atom is -0.481 e. The number of carboxylic acids is 1. The SMILES string of the molecule is CCOC(=O)N1C2CCCC1CC(CC(=O)O)C2.COC(=O)CC1CC2CCCC(C1)N2. The number of rotatable bonds is 5. The molecule has 0 aliphatic carbocycles. The van der Waals surface area contributed by atoms with Crippen LogP contribution >= 0.6 is 0 Å². The number of carbonyl (C=O) groups is 3. The average Bonchev–Trinajstić information content (AvgIpc) is 2.73. The predicted molar refractivity (Wildman–Crippen MR) is 119 cm³/mol. The Kier molecular flexibility index (Phi) is 9.20. The lowest BCUT2D eigenvalue weighted by atomic mass is 9.77. The zero-order chi connectivity index (χ0) is 23.1. The molecule has 4 heterocycles. The maximum absolute atomic E-state index is 11.9. The Balaban J connectivity index is 0.000000186. The zero-order valence-corrected chi connectivity index (χ0v) is 19.6. The van der Waals surface area contributed by atoms with E-state index in [1.54, 1.807) is 0 Å². The van der Waals surface area contributed by atoms with Gasteiger partial charge in [0, 0.05) is 37.0 Å². The van der Waals surface area contributed by atoms with Crippen LogP contribution in [-0.4, -0.2) is 65.9 Å². The molecule has 4 aliphatic rings. The van der Waals surface area contributed by atoms with Crippen LogP contribution < -0.4 is 5.32 Å². The van der Waals surface area contributed by atoms with Gasteiger partial charge in [0.1, 0.15) is 0 Å². The number of amides is 1. The highest BCUT2D eigenvalue weighted by molar-refractivity contribution is 5.70. The van der Waals surface area contributed by atoms with Crippen LogP contribution in [0.1, 0.15) is 84.0 Å². The molecule has 0 radical (unpaired) electrons. The van der Waals surface area contributed by atoms with Gasteiger partial charge < -0.3 is 24.8 Å². The molecule has 4 saturated heterocycles. The first kappa shape index (κ1) is 24.8. The molecule has 182 valence electrons. The van der Waals surface area contributed by atoms with Crippen LogP contribution in [0.5, 0.6) is 0 Å². The molecule has 4 fully saturated rings. The third-order valence-corrected chi connectivity index (χ3v) is 7.51. The number of ether oxygens (including phenoxy) is 2. The van der Waals surface area contributed by atoms with Gasteiger partial charge in [-0.2, -0.15) is 0 Å². The number of hydrogen-bond acceptors (Lipinski definition) is 6. The van der Waals surface area contributed by atoms with Gasteiger partial charge in [0.25, 0.3) is 0 Å². The Bertz CT molecular complexity index is 630. The molecule has 0 aromatic carbocycles. The molecular weight excluding hydrogens is 412 g/mol. The summed E-state index contributed by atoms with van der Waals surface area (Å²) >= 11 is 0. The van der Waals surface area contributed by atoms with E-state index in [9.17, 15) is 14.4 Å². The molecule has 1 amide bonds. The quantitative estimate of drug-likeness (QED) is 0.613. The number of nitrogens with one attached hydrogen (secondary N) is 1. The van der Waals surface area contributed by atoms with E-state index < -0.39 is 5.97 Å². The van der Waals surface area contributed by atoms with Crippen LogP contribution in [0.4, 0.5) is 4.79 Å². The fourth-order valence-electron chi connectivity index (χ4n) is 6.27. The van der Waals surface area contributed by atoms with Crippen molar-refractivity contribution in [2.24, 2.45) is 11.8 Å². The van der Waals surface area contributed by atoms with Crippen LogP contribution in [0, 0.1) is 11.8 Å². The Labute approximate surface area is 191 Å². The monoisotopic (exact) mass is 452 g/mol. The number of piperidine rings is 4. The van der Waals surface area contributed by atoms with Crippen molar-refractivity contribution in [3.05, 3.63) is 0 Å². The lowest BCUT2D eigenvalue weighted by molar-refractivity contribution is -0.142. The maximum atomic E-state index is 11.9. The van der Waals surface area contributed by atoms with E-state index in [4.69, 9.17) is 14.6 Å². The largest absolute Gasteiger partial charge is 0.481 e. The first-order valence-corrected chi connectivity index (χ1v) is 12.4. The van der Waals surface area contributed by atoms with Gasteiger partial charge in [-0.1, -0.05) is 6.42 Å². The molecule has 4 rings (SSSR count). The molecule has 0 spiro atoms. The summed E-state index contributed by atoms with van der Waals surface area (Å²) in [6.07, 6.45) is 11.6. The minimum atomic E-state index is -0.734. The third kappa shape index (κ3) is 6.83. The standard InChI is InChI=1S/C13H21NO4.C11H19NO2/c1-2-18-13(17)14-10-4-3-5-11(14)7-9(6-10)8-12(15)16;1-14-11(13)7-8-5-9-3-2-4-10(6-8)12-9/h9-11H,2-8H2,1H3,(H,15,16);8-10,12H,2-7H2,1H3. The summed E-state index contributed by atoms with van der Waals surface area (Å²) in [5, 5.41) is 12.5. The van der Waals surface area contributed by atoms with Crippen LogP contribution in [0.25, 0.3) is 0 Å². The van der Waals surface area contributed by atoms with E-state index in [1.807, 2.05) is 11.8 Å². The van der Waals surface area contributed by atoms with E-state index in [0.29, 0.717) is 31.0 Å². The van der Waals surface area contributed by atoms with Crippen molar-refractivity contribution >= 4 is 18.0 Å². The van der Waals surface area contributed by atoms with E-state index in [2.05, 4.69) is 5.32 Å². The molecule has 32 heavy (non-hydrogen) atoms. The molecule has 4 atom stereocenters. The minimum absolute atomic E-state index is 0.0463. The van der Waals surface area contributed by atoms with Gasteiger partial charge >= 0.3 is 18.0 Å². The summed E-state index contributed by atoms with van der Waals surface area (Å²) in [6, 6.07) is 1.69. The summed E-state index contributed by atoms with van der Waals surface area (Å²) in [5.74, 6) is -0.0138. The van der Waals surface area contributed by atoms with Crippen molar-refractivity contribution in [2.75, 3.05) is 13.7 Å². The molecule has 8 nitrogen and oxygen atoms in total. The van der Waals surface area contributed by atoms with Crippen LogP contribution in [0.2, 0.25) is 0 Å². The molecular formula is C24H40N2O6.